The molecule has 7 heteroatoms. The molecule has 1 aliphatic rings. The number of nitrogens with two attached hydrogens (primary N) is 1. The fourth-order valence-corrected chi connectivity index (χ4v) is 3.28. The van der Waals surface area contributed by atoms with Crippen molar-refractivity contribution in [1.82, 2.24) is 9.80 Å². The Morgan fingerprint density at radius 2 is 1.70 bits per heavy atom. The van der Waals surface area contributed by atoms with Crippen LogP contribution in [0.5, 0.6) is 5.75 Å². The molecule has 27 heavy (non-hydrogen) atoms. The Bertz CT molecular complexity index is 750. The van der Waals surface area contributed by atoms with Gasteiger partial charge in [0.25, 0.3) is 5.91 Å². The maximum atomic E-state index is 12.6. The van der Waals surface area contributed by atoms with Crippen molar-refractivity contribution in [3.05, 3.63) is 59.7 Å². The molecule has 2 aromatic carbocycles. The van der Waals surface area contributed by atoms with Crippen LogP contribution in [0.15, 0.2) is 48.5 Å². The molecule has 1 saturated heterocycles. The number of piperazine rings is 1. The number of benzene rings is 2. The van der Waals surface area contributed by atoms with Crippen molar-refractivity contribution in [1.29, 1.82) is 0 Å². The molecule has 1 aliphatic heterocycles. The Labute approximate surface area is 173 Å². The van der Waals surface area contributed by atoms with E-state index in [2.05, 4.69) is 24.0 Å². The topological polar surface area (TPSA) is 58.8 Å². The molecule has 0 spiro atoms. The summed E-state index contributed by atoms with van der Waals surface area (Å²) in [5, 5.41) is 0. The van der Waals surface area contributed by atoms with E-state index in [1.807, 2.05) is 29.2 Å². The Morgan fingerprint density at radius 1 is 1.04 bits per heavy atom. The first-order valence-corrected chi connectivity index (χ1v) is 8.61. The van der Waals surface area contributed by atoms with Crippen LogP contribution in [0.25, 0.3) is 0 Å². The maximum Gasteiger partial charge on any atom is 0.254 e. The van der Waals surface area contributed by atoms with Gasteiger partial charge < -0.3 is 15.4 Å². The first kappa shape index (κ1) is 23.1. The molecule has 1 atom stereocenters. The van der Waals surface area contributed by atoms with Crippen LogP contribution in [-0.2, 0) is 0 Å². The summed E-state index contributed by atoms with van der Waals surface area (Å²) in [6, 6.07) is 15.7. The summed E-state index contributed by atoms with van der Waals surface area (Å²) in [6.45, 7) is 5.35. The highest BCUT2D eigenvalue weighted by atomic mass is 35.5. The molecule has 0 bridgehead atoms. The SMILES string of the molecule is COc1cccc(C(C)N2CCN(C(=O)c3cccc(N)c3)CC2)c1.Cl.Cl. The number of methoxy groups -OCH3 is 1. The highest BCUT2D eigenvalue weighted by Gasteiger charge is 2.25. The van der Waals surface area contributed by atoms with Gasteiger partial charge in [0.15, 0.2) is 0 Å². The van der Waals surface area contributed by atoms with E-state index in [9.17, 15) is 4.79 Å². The van der Waals surface area contributed by atoms with Crippen molar-refractivity contribution < 1.29 is 9.53 Å². The second kappa shape index (κ2) is 10.4. The van der Waals surface area contributed by atoms with E-state index < -0.39 is 0 Å². The van der Waals surface area contributed by atoms with Gasteiger partial charge in [-0.2, -0.15) is 0 Å². The average molecular weight is 412 g/mol. The largest absolute Gasteiger partial charge is 0.497 e. The van der Waals surface area contributed by atoms with Gasteiger partial charge in [0.05, 0.1) is 7.11 Å². The molecule has 1 unspecified atom stereocenters. The summed E-state index contributed by atoms with van der Waals surface area (Å²) in [5.74, 6) is 0.931. The van der Waals surface area contributed by atoms with Gasteiger partial charge in [0.2, 0.25) is 0 Å². The van der Waals surface area contributed by atoms with E-state index in [0.717, 1.165) is 31.9 Å². The highest BCUT2D eigenvalue weighted by molar-refractivity contribution is 5.95. The van der Waals surface area contributed by atoms with Crippen molar-refractivity contribution in [2.45, 2.75) is 13.0 Å². The Balaban J connectivity index is 0.00000182. The van der Waals surface area contributed by atoms with Crippen molar-refractivity contribution in [2.24, 2.45) is 0 Å². The number of carbonyl (C=O) groups excluding carboxylic acids is 1. The van der Waals surface area contributed by atoms with Crippen molar-refractivity contribution in [3.63, 3.8) is 0 Å². The number of ether oxygens (including phenoxy) is 1. The number of anilines is 1. The summed E-state index contributed by atoms with van der Waals surface area (Å²) in [6.07, 6.45) is 0. The van der Waals surface area contributed by atoms with Crippen LogP contribution in [0.3, 0.4) is 0 Å². The maximum absolute atomic E-state index is 12.6. The third-order valence-corrected chi connectivity index (χ3v) is 4.86. The van der Waals surface area contributed by atoms with Crippen molar-refractivity contribution >= 4 is 36.4 Å². The van der Waals surface area contributed by atoms with Crippen LogP contribution in [0.4, 0.5) is 5.69 Å². The fourth-order valence-electron chi connectivity index (χ4n) is 3.28. The lowest BCUT2D eigenvalue weighted by Crippen LogP contribution is -2.49. The predicted octanol–water partition coefficient (Wildman–Crippen LogP) is 3.64. The smallest absolute Gasteiger partial charge is 0.254 e. The number of amides is 1. The van der Waals surface area contributed by atoms with Crippen LogP contribution in [0.2, 0.25) is 0 Å². The van der Waals surface area contributed by atoms with E-state index in [1.54, 1.807) is 19.2 Å². The highest BCUT2D eigenvalue weighted by Crippen LogP contribution is 2.25. The lowest BCUT2D eigenvalue weighted by molar-refractivity contribution is 0.0582. The van der Waals surface area contributed by atoms with Gasteiger partial charge in [-0.3, -0.25) is 9.69 Å². The molecular formula is C20H27Cl2N3O2. The molecule has 1 amide bonds. The molecule has 2 aromatic rings. The molecule has 0 saturated carbocycles. The van der Waals surface area contributed by atoms with Crippen LogP contribution in [0, 0.1) is 0 Å². The van der Waals surface area contributed by atoms with E-state index >= 15 is 0 Å². The van der Waals surface area contributed by atoms with Crippen LogP contribution in [0.1, 0.15) is 28.9 Å². The number of hydrogen-bond donors (Lipinski definition) is 1. The van der Waals surface area contributed by atoms with Crippen molar-refractivity contribution in [3.8, 4) is 5.75 Å². The minimum Gasteiger partial charge on any atom is -0.497 e. The molecule has 0 aromatic heterocycles. The molecule has 1 fully saturated rings. The molecule has 0 aliphatic carbocycles. The summed E-state index contributed by atoms with van der Waals surface area (Å²) in [7, 11) is 1.69. The van der Waals surface area contributed by atoms with Gasteiger partial charge in [-0.1, -0.05) is 18.2 Å². The van der Waals surface area contributed by atoms with E-state index in [0.29, 0.717) is 17.3 Å². The fraction of sp³-hybridized carbons (Fsp3) is 0.350. The first-order valence-electron chi connectivity index (χ1n) is 8.61. The number of carbonyl (C=O) groups is 1. The van der Waals surface area contributed by atoms with Gasteiger partial charge in [-0.05, 0) is 42.8 Å². The summed E-state index contributed by atoms with van der Waals surface area (Å²) in [5.41, 5.74) is 8.30. The van der Waals surface area contributed by atoms with Gasteiger partial charge in [0, 0.05) is 43.5 Å². The van der Waals surface area contributed by atoms with Crippen LogP contribution >= 0.6 is 24.8 Å². The first-order chi connectivity index (χ1) is 12.1. The van der Waals surface area contributed by atoms with Gasteiger partial charge >= 0.3 is 0 Å². The second-order valence-corrected chi connectivity index (χ2v) is 6.41. The number of hydrogen-bond acceptors (Lipinski definition) is 4. The van der Waals surface area contributed by atoms with Crippen molar-refractivity contribution in [2.75, 3.05) is 39.0 Å². The Kier molecular flexibility index (Phi) is 8.89. The van der Waals surface area contributed by atoms with Crippen LogP contribution in [-0.4, -0.2) is 49.0 Å². The summed E-state index contributed by atoms with van der Waals surface area (Å²) >= 11 is 0. The molecular weight excluding hydrogens is 385 g/mol. The molecule has 148 valence electrons. The second-order valence-electron chi connectivity index (χ2n) is 6.41. The number of halogens is 2. The van der Waals surface area contributed by atoms with Gasteiger partial charge in [0.1, 0.15) is 5.75 Å². The predicted molar refractivity (Wildman–Crippen MR) is 114 cm³/mol. The third-order valence-electron chi connectivity index (χ3n) is 4.86. The zero-order valence-corrected chi connectivity index (χ0v) is 17.3. The number of rotatable bonds is 4. The lowest BCUT2D eigenvalue weighted by Gasteiger charge is -2.38. The summed E-state index contributed by atoms with van der Waals surface area (Å²) < 4.78 is 5.32. The number of nitrogen functional groups attached to an aromatic ring is 1. The van der Waals surface area contributed by atoms with Gasteiger partial charge in [-0.25, -0.2) is 0 Å². The van der Waals surface area contributed by atoms with Gasteiger partial charge in [-0.15, -0.1) is 24.8 Å². The quantitative estimate of drug-likeness (QED) is 0.780. The van der Waals surface area contributed by atoms with E-state index in [-0.39, 0.29) is 30.7 Å². The molecule has 3 rings (SSSR count). The Hall–Kier alpha value is -1.95. The zero-order chi connectivity index (χ0) is 17.8. The Morgan fingerprint density at radius 3 is 2.33 bits per heavy atom. The molecule has 2 N–H and O–H groups in total. The normalized spacial score (nSPS) is 15.3. The lowest BCUT2D eigenvalue weighted by atomic mass is 10.1. The standard InChI is InChI=1S/C20H25N3O2.2ClH/c1-15(16-5-4-8-19(14-16)25-2)22-9-11-23(12-10-22)20(24)17-6-3-7-18(21)13-17;;/h3-8,13-15H,9-12,21H2,1-2H3;2*1H. The third kappa shape index (κ3) is 5.51. The number of nitrogens with zero attached hydrogens (tertiary/aromatic N) is 2. The molecule has 0 radical (unpaired) electrons. The minimum absolute atomic E-state index is 0. The van der Waals surface area contributed by atoms with Crippen LogP contribution < -0.4 is 10.5 Å². The average Bonchev–Trinajstić information content (AvgIpc) is 2.67. The molecule has 1 heterocycles. The monoisotopic (exact) mass is 411 g/mol. The minimum atomic E-state index is 0. The molecule has 5 nitrogen and oxygen atoms in total. The summed E-state index contributed by atoms with van der Waals surface area (Å²) in [4.78, 5) is 16.9. The van der Waals surface area contributed by atoms with E-state index in [4.69, 9.17) is 10.5 Å². The van der Waals surface area contributed by atoms with E-state index in [1.165, 1.54) is 5.56 Å². The zero-order valence-electron chi connectivity index (χ0n) is 15.6.